The first-order valence-electron chi connectivity index (χ1n) is 8.69. The monoisotopic (exact) mass is 384 g/mol. The molecule has 0 atom stereocenters. The predicted molar refractivity (Wildman–Crippen MR) is 110 cm³/mol. The van der Waals surface area contributed by atoms with Crippen LogP contribution < -0.4 is 0 Å². The number of allylic oxidation sites excluding steroid dienone is 3. The fraction of sp³-hybridized carbons (Fsp3) is 0.318. The fourth-order valence-corrected chi connectivity index (χ4v) is 3.63. The summed E-state index contributed by atoms with van der Waals surface area (Å²) in [6.45, 7) is 6.85. The molecule has 2 rings (SSSR count). The Balaban J connectivity index is 2.78. The number of thioether (sulfide) groups is 1. The zero-order chi connectivity index (χ0) is 20.0. The van der Waals surface area contributed by atoms with Gasteiger partial charge in [-0.05, 0) is 45.0 Å². The third-order valence-electron chi connectivity index (χ3n) is 3.92. The Kier molecular flexibility index (Phi) is 6.88. The van der Waals surface area contributed by atoms with Crippen molar-refractivity contribution in [3.05, 3.63) is 58.8 Å². The highest BCUT2D eigenvalue weighted by atomic mass is 32.2. The second-order valence-electron chi connectivity index (χ2n) is 6.41. The van der Waals surface area contributed by atoms with Gasteiger partial charge >= 0.3 is 0 Å². The third kappa shape index (κ3) is 4.62. The SMILES string of the molecule is C/C=C\C(SC(C)(C)C(F)F)=C(/C#CCC)c1ccc(C#N)c2cccn12. The Labute approximate surface area is 163 Å². The van der Waals surface area contributed by atoms with Gasteiger partial charge in [0.05, 0.1) is 27.1 Å². The Morgan fingerprint density at radius 1 is 1.33 bits per heavy atom. The predicted octanol–water partition coefficient (Wildman–Crippen LogP) is 6.29. The van der Waals surface area contributed by atoms with Crippen LogP contribution in [0.3, 0.4) is 0 Å². The fourth-order valence-electron chi connectivity index (χ4n) is 2.51. The summed E-state index contributed by atoms with van der Waals surface area (Å²) < 4.78 is 27.6. The van der Waals surface area contributed by atoms with Gasteiger partial charge in [0.25, 0.3) is 6.43 Å². The molecule has 2 nitrogen and oxygen atoms in total. The number of fused-ring (bicyclic) bond motifs is 1. The van der Waals surface area contributed by atoms with Crippen molar-refractivity contribution in [2.45, 2.75) is 45.3 Å². The number of alkyl halides is 2. The lowest BCUT2D eigenvalue weighted by Crippen LogP contribution is -2.25. The summed E-state index contributed by atoms with van der Waals surface area (Å²) in [5.41, 5.74) is 2.78. The van der Waals surface area contributed by atoms with E-state index in [0.29, 0.717) is 22.5 Å². The van der Waals surface area contributed by atoms with Gasteiger partial charge < -0.3 is 4.40 Å². The van der Waals surface area contributed by atoms with Crippen molar-refractivity contribution in [1.82, 2.24) is 4.40 Å². The summed E-state index contributed by atoms with van der Waals surface area (Å²) in [4.78, 5) is 0.684. The second kappa shape index (κ2) is 8.93. The van der Waals surface area contributed by atoms with Gasteiger partial charge in [0.2, 0.25) is 0 Å². The summed E-state index contributed by atoms with van der Waals surface area (Å²) in [6.07, 6.45) is 3.68. The van der Waals surface area contributed by atoms with E-state index in [9.17, 15) is 14.0 Å². The van der Waals surface area contributed by atoms with Crippen LogP contribution >= 0.6 is 11.8 Å². The smallest absolute Gasteiger partial charge is 0.252 e. The number of pyridine rings is 1. The number of hydrogen-bond acceptors (Lipinski definition) is 2. The Morgan fingerprint density at radius 2 is 2.07 bits per heavy atom. The maximum Gasteiger partial charge on any atom is 0.252 e. The molecule has 0 N–H and O–H groups in total. The van der Waals surface area contributed by atoms with Crippen LogP contribution in [0.4, 0.5) is 8.78 Å². The molecule has 0 amide bonds. The molecule has 0 fully saturated rings. The molecule has 27 heavy (non-hydrogen) atoms. The number of rotatable bonds is 5. The van der Waals surface area contributed by atoms with Crippen molar-refractivity contribution in [2.75, 3.05) is 0 Å². The lowest BCUT2D eigenvalue weighted by atomic mass is 10.1. The molecule has 5 heteroatoms. The molecule has 0 aliphatic carbocycles. The van der Waals surface area contributed by atoms with E-state index in [0.717, 1.165) is 23.0 Å². The van der Waals surface area contributed by atoms with Gasteiger partial charge in [-0.15, -0.1) is 11.8 Å². The molecule has 0 spiro atoms. The number of hydrogen-bond donors (Lipinski definition) is 0. The first-order valence-corrected chi connectivity index (χ1v) is 9.50. The Hall–Kier alpha value is -2.50. The van der Waals surface area contributed by atoms with Gasteiger partial charge in [0, 0.05) is 17.5 Å². The highest BCUT2D eigenvalue weighted by Crippen LogP contribution is 2.40. The van der Waals surface area contributed by atoms with E-state index < -0.39 is 11.2 Å². The van der Waals surface area contributed by atoms with E-state index in [1.807, 2.05) is 54.8 Å². The first-order chi connectivity index (χ1) is 12.9. The third-order valence-corrected chi connectivity index (χ3v) is 5.19. The van der Waals surface area contributed by atoms with Crippen molar-refractivity contribution in [2.24, 2.45) is 0 Å². The van der Waals surface area contributed by atoms with Gasteiger partial charge in [-0.1, -0.05) is 30.9 Å². The largest absolute Gasteiger partial charge is 0.315 e. The molecule has 0 bridgehead atoms. The van der Waals surface area contributed by atoms with E-state index in [1.165, 1.54) is 13.8 Å². The van der Waals surface area contributed by atoms with E-state index in [2.05, 4.69) is 17.9 Å². The van der Waals surface area contributed by atoms with Crippen molar-refractivity contribution in [3.63, 3.8) is 0 Å². The number of nitriles is 1. The number of halogens is 2. The maximum atomic E-state index is 13.5. The highest BCUT2D eigenvalue weighted by molar-refractivity contribution is 8.04. The van der Waals surface area contributed by atoms with Crippen LogP contribution in [-0.2, 0) is 0 Å². The molecule has 0 aliphatic rings. The maximum absolute atomic E-state index is 13.5. The quantitative estimate of drug-likeness (QED) is 0.448. The van der Waals surface area contributed by atoms with Crippen LogP contribution in [0.5, 0.6) is 0 Å². The Morgan fingerprint density at radius 3 is 2.67 bits per heavy atom. The van der Waals surface area contributed by atoms with Crippen molar-refractivity contribution < 1.29 is 8.78 Å². The standard InChI is InChI=1S/C22H22F2N2S/c1-5-7-10-17(20(9-6-2)27-22(3,4)21(23)24)19-13-12-16(15-25)18-11-8-14-26(18)19/h6,8-9,11-14,21H,5H2,1-4H3/b9-6-,20-17-. The molecule has 0 aliphatic heterocycles. The molecule has 140 valence electrons. The zero-order valence-corrected chi connectivity index (χ0v) is 16.7. The van der Waals surface area contributed by atoms with E-state index in [1.54, 1.807) is 6.07 Å². The highest BCUT2D eigenvalue weighted by Gasteiger charge is 2.32. The summed E-state index contributed by atoms with van der Waals surface area (Å²) in [5.74, 6) is 6.23. The van der Waals surface area contributed by atoms with E-state index in [-0.39, 0.29) is 0 Å². The van der Waals surface area contributed by atoms with E-state index >= 15 is 0 Å². The average Bonchev–Trinajstić information content (AvgIpc) is 3.11. The summed E-state index contributed by atoms with van der Waals surface area (Å²) in [5, 5.41) is 9.33. The number of nitrogens with zero attached hydrogens (tertiary/aromatic N) is 2. The molecule has 2 heterocycles. The molecule has 2 aromatic heterocycles. The molecule has 0 saturated heterocycles. The lowest BCUT2D eigenvalue weighted by Gasteiger charge is -2.24. The molecule has 0 unspecified atom stereocenters. The van der Waals surface area contributed by atoms with Gasteiger partial charge in [-0.2, -0.15) is 5.26 Å². The zero-order valence-electron chi connectivity index (χ0n) is 15.9. The van der Waals surface area contributed by atoms with Crippen LogP contribution in [0.1, 0.15) is 45.4 Å². The summed E-state index contributed by atoms with van der Waals surface area (Å²) >= 11 is 1.12. The van der Waals surface area contributed by atoms with Crippen molar-refractivity contribution >= 4 is 22.9 Å². The molecular weight excluding hydrogens is 362 g/mol. The minimum absolute atomic E-state index is 0.555. The normalized spacial score (nSPS) is 12.8. The van der Waals surface area contributed by atoms with Crippen LogP contribution in [0.25, 0.3) is 11.1 Å². The molecule has 0 saturated carbocycles. The summed E-state index contributed by atoms with van der Waals surface area (Å²) in [7, 11) is 0. The topological polar surface area (TPSA) is 28.2 Å². The second-order valence-corrected chi connectivity index (χ2v) is 8.10. The van der Waals surface area contributed by atoms with Crippen LogP contribution in [0.2, 0.25) is 0 Å². The van der Waals surface area contributed by atoms with Gasteiger partial charge in [0.15, 0.2) is 0 Å². The molecule has 0 aromatic carbocycles. The summed E-state index contributed by atoms with van der Waals surface area (Å²) in [6, 6.07) is 9.47. The van der Waals surface area contributed by atoms with E-state index in [4.69, 9.17) is 0 Å². The molecular formula is C22H22F2N2S. The van der Waals surface area contributed by atoms with Crippen LogP contribution in [0, 0.1) is 23.2 Å². The molecule has 0 radical (unpaired) electrons. The van der Waals surface area contributed by atoms with Gasteiger partial charge in [-0.25, -0.2) is 8.78 Å². The lowest BCUT2D eigenvalue weighted by molar-refractivity contribution is 0.114. The molecule has 2 aromatic rings. The average molecular weight is 384 g/mol. The van der Waals surface area contributed by atoms with Gasteiger partial charge in [-0.3, -0.25) is 0 Å². The van der Waals surface area contributed by atoms with Crippen LogP contribution in [0.15, 0.2) is 47.5 Å². The Bertz CT molecular complexity index is 979. The van der Waals surface area contributed by atoms with Crippen molar-refractivity contribution in [1.29, 1.82) is 5.26 Å². The number of aromatic nitrogens is 1. The minimum atomic E-state index is -2.48. The minimum Gasteiger partial charge on any atom is -0.315 e. The van der Waals surface area contributed by atoms with Crippen LogP contribution in [-0.4, -0.2) is 15.6 Å². The first kappa shape index (κ1) is 20.8. The van der Waals surface area contributed by atoms with Crippen molar-refractivity contribution in [3.8, 4) is 17.9 Å². The van der Waals surface area contributed by atoms with Gasteiger partial charge in [0.1, 0.15) is 6.07 Å².